The lowest BCUT2D eigenvalue weighted by Crippen LogP contribution is -2.49. The number of hydrogen-bond donors (Lipinski definition) is 2. The Bertz CT molecular complexity index is 353. The van der Waals surface area contributed by atoms with Gasteiger partial charge in [-0.2, -0.15) is 0 Å². The second kappa shape index (κ2) is 4.40. The van der Waals surface area contributed by atoms with Crippen LogP contribution in [-0.2, 0) is 4.79 Å². The first kappa shape index (κ1) is 10.8. The van der Waals surface area contributed by atoms with Gasteiger partial charge in [0.15, 0.2) is 11.5 Å². The van der Waals surface area contributed by atoms with Gasteiger partial charge in [0.1, 0.15) is 18.8 Å². The highest BCUT2D eigenvalue weighted by atomic mass is 16.6. The fraction of sp³-hybridized carbons (Fsp3) is 0.364. The maximum absolute atomic E-state index is 10.2. The van der Waals surface area contributed by atoms with E-state index < -0.39 is 5.60 Å². The summed E-state index contributed by atoms with van der Waals surface area (Å²) < 4.78 is 10.9. The molecule has 0 fully saturated rings. The molecule has 0 saturated carbocycles. The predicted molar refractivity (Wildman–Crippen MR) is 56.4 cm³/mol. The molecule has 0 saturated heterocycles. The topological polar surface area (TPSA) is 67.8 Å². The minimum atomic E-state index is -1.19. The number of hydrogen-bond acceptors (Lipinski definition) is 4. The third-order valence-electron chi connectivity index (χ3n) is 2.36. The number of fused-ring (bicyclic) bond motifs is 1. The highest BCUT2D eigenvalue weighted by Crippen LogP contribution is 2.30. The zero-order valence-electron chi connectivity index (χ0n) is 8.68. The summed E-state index contributed by atoms with van der Waals surface area (Å²) >= 11 is 0. The monoisotopic (exact) mass is 223 g/mol. The number of para-hydroxylation sites is 2. The fourth-order valence-electron chi connectivity index (χ4n) is 1.49. The van der Waals surface area contributed by atoms with Crippen LogP contribution in [0.5, 0.6) is 11.5 Å². The number of benzene rings is 1. The summed E-state index contributed by atoms with van der Waals surface area (Å²) in [6, 6.07) is 7.20. The van der Waals surface area contributed by atoms with E-state index in [-0.39, 0.29) is 19.8 Å². The molecule has 16 heavy (non-hydrogen) atoms. The van der Waals surface area contributed by atoms with Crippen molar-refractivity contribution in [3.63, 3.8) is 0 Å². The highest BCUT2D eigenvalue weighted by molar-refractivity contribution is 5.46. The van der Waals surface area contributed by atoms with Crippen molar-refractivity contribution in [1.82, 2.24) is 5.32 Å². The summed E-state index contributed by atoms with van der Waals surface area (Å²) in [5, 5.41) is 12.5. The Morgan fingerprint density at radius 1 is 1.31 bits per heavy atom. The summed E-state index contributed by atoms with van der Waals surface area (Å²) in [4.78, 5) is 10.2. The van der Waals surface area contributed by atoms with Gasteiger partial charge in [-0.1, -0.05) is 12.1 Å². The predicted octanol–water partition coefficient (Wildman–Crippen LogP) is -0.0651. The molecule has 0 atom stereocenters. The van der Waals surface area contributed by atoms with Gasteiger partial charge in [-0.15, -0.1) is 0 Å². The van der Waals surface area contributed by atoms with Gasteiger partial charge in [0, 0.05) is 0 Å². The van der Waals surface area contributed by atoms with E-state index in [0.29, 0.717) is 17.9 Å². The normalized spacial score (nSPS) is 17.3. The molecule has 1 aliphatic heterocycles. The number of aliphatic hydroxyl groups is 1. The van der Waals surface area contributed by atoms with Crippen LogP contribution in [0.15, 0.2) is 24.3 Å². The van der Waals surface area contributed by atoms with Crippen molar-refractivity contribution in [2.75, 3.05) is 19.8 Å². The van der Waals surface area contributed by atoms with E-state index in [2.05, 4.69) is 5.32 Å². The summed E-state index contributed by atoms with van der Waals surface area (Å²) in [5.41, 5.74) is -1.19. The molecular weight excluding hydrogens is 210 g/mol. The molecule has 1 aliphatic rings. The lowest BCUT2D eigenvalue weighted by atomic mass is 10.1. The van der Waals surface area contributed by atoms with Gasteiger partial charge in [0.25, 0.3) is 0 Å². The van der Waals surface area contributed by atoms with E-state index in [1.165, 1.54) is 0 Å². The molecule has 5 heteroatoms. The number of carbonyl (C=O) groups excluding carboxylic acids is 1. The van der Waals surface area contributed by atoms with Gasteiger partial charge in [-0.3, -0.25) is 4.79 Å². The van der Waals surface area contributed by atoms with Gasteiger partial charge in [0.2, 0.25) is 6.41 Å². The summed E-state index contributed by atoms with van der Waals surface area (Å²) in [6.45, 7) is 0.278. The van der Waals surface area contributed by atoms with Crippen molar-refractivity contribution in [1.29, 1.82) is 0 Å². The van der Waals surface area contributed by atoms with E-state index in [9.17, 15) is 9.90 Å². The van der Waals surface area contributed by atoms with Crippen LogP contribution in [-0.4, -0.2) is 36.9 Å². The maximum atomic E-state index is 10.2. The van der Waals surface area contributed by atoms with Crippen LogP contribution in [0.2, 0.25) is 0 Å². The van der Waals surface area contributed by atoms with E-state index >= 15 is 0 Å². The Morgan fingerprint density at radius 2 is 1.88 bits per heavy atom. The van der Waals surface area contributed by atoms with Crippen molar-refractivity contribution >= 4 is 6.41 Å². The van der Waals surface area contributed by atoms with Crippen molar-refractivity contribution in [3.05, 3.63) is 24.3 Å². The standard InChI is InChI=1S/C11H13NO4/c13-8-12-5-11(14)6-15-9-3-1-2-4-10(9)16-7-11/h1-4,8,14H,5-7H2,(H,12,13). The van der Waals surface area contributed by atoms with E-state index in [1.54, 1.807) is 12.1 Å². The molecule has 0 bridgehead atoms. The molecule has 1 aromatic rings. The first-order valence-electron chi connectivity index (χ1n) is 4.98. The molecule has 0 spiro atoms. The Hall–Kier alpha value is -1.75. The SMILES string of the molecule is O=CNCC1(O)COc2ccccc2OC1. The minimum absolute atomic E-state index is 0.0881. The zero-order chi connectivity index (χ0) is 11.4. The number of rotatable bonds is 3. The Labute approximate surface area is 93.0 Å². The van der Waals surface area contributed by atoms with Crippen LogP contribution >= 0.6 is 0 Å². The van der Waals surface area contributed by atoms with Crippen molar-refractivity contribution < 1.29 is 19.4 Å². The fourth-order valence-corrected chi connectivity index (χ4v) is 1.49. The summed E-state index contributed by atoms with van der Waals surface area (Å²) in [5.74, 6) is 1.20. The van der Waals surface area contributed by atoms with Crippen LogP contribution in [0.4, 0.5) is 0 Å². The molecule has 0 unspecified atom stereocenters. The molecule has 0 aromatic heterocycles. The van der Waals surface area contributed by atoms with Gasteiger partial charge < -0.3 is 19.9 Å². The average Bonchev–Trinajstić information content (AvgIpc) is 2.48. The molecule has 1 aromatic carbocycles. The zero-order valence-corrected chi connectivity index (χ0v) is 8.68. The largest absolute Gasteiger partial charge is 0.486 e. The first-order chi connectivity index (χ1) is 7.73. The third-order valence-corrected chi connectivity index (χ3v) is 2.36. The van der Waals surface area contributed by atoms with Crippen LogP contribution in [0.3, 0.4) is 0 Å². The smallest absolute Gasteiger partial charge is 0.207 e. The molecule has 1 amide bonds. The molecule has 0 radical (unpaired) electrons. The molecule has 1 heterocycles. The Kier molecular flexibility index (Phi) is 2.96. The van der Waals surface area contributed by atoms with E-state index in [1.807, 2.05) is 12.1 Å². The van der Waals surface area contributed by atoms with E-state index in [0.717, 1.165) is 0 Å². The number of carbonyl (C=O) groups is 1. The summed E-state index contributed by atoms with van der Waals surface area (Å²) in [7, 11) is 0. The van der Waals surface area contributed by atoms with Gasteiger partial charge >= 0.3 is 0 Å². The second-order valence-corrected chi connectivity index (χ2v) is 3.75. The Balaban J connectivity index is 2.09. The van der Waals surface area contributed by atoms with Gasteiger partial charge in [-0.25, -0.2) is 0 Å². The molecule has 2 rings (SSSR count). The van der Waals surface area contributed by atoms with Crippen molar-refractivity contribution in [3.8, 4) is 11.5 Å². The third kappa shape index (κ3) is 2.25. The van der Waals surface area contributed by atoms with Crippen LogP contribution < -0.4 is 14.8 Å². The number of ether oxygens (including phenoxy) is 2. The second-order valence-electron chi connectivity index (χ2n) is 3.75. The quantitative estimate of drug-likeness (QED) is 0.704. The Morgan fingerprint density at radius 3 is 2.38 bits per heavy atom. The van der Waals surface area contributed by atoms with E-state index in [4.69, 9.17) is 9.47 Å². The van der Waals surface area contributed by atoms with Crippen LogP contribution in [0, 0.1) is 0 Å². The molecule has 86 valence electrons. The highest BCUT2D eigenvalue weighted by Gasteiger charge is 2.32. The summed E-state index contributed by atoms with van der Waals surface area (Å²) in [6.07, 6.45) is 0.538. The van der Waals surface area contributed by atoms with Crippen LogP contribution in [0.1, 0.15) is 0 Å². The minimum Gasteiger partial charge on any atom is -0.486 e. The van der Waals surface area contributed by atoms with Gasteiger partial charge in [-0.05, 0) is 12.1 Å². The lowest BCUT2D eigenvalue weighted by Gasteiger charge is -2.23. The number of nitrogens with one attached hydrogen (secondary N) is 1. The molecule has 5 nitrogen and oxygen atoms in total. The first-order valence-corrected chi connectivity index (χ1v) is 4.98. The van der Waals surface area contributed by atoms with Crippen LogP contribution in [0.25, 0.3) is 0 Å². The molecule has 2 N–H and O–H groups in total. The molecular formula is C11H13NO4. The maximum Gasteiger partial charge on any atom is 0.207 e. The van der Waals surface area contributed by atoms with Gasteiger partial charge in [0.05, 0.1) is 6.54 Å². The van der Waals surface area contributed by atoms with Crippen molar-refractivity contribution in [2.45, 2.75) is 5.60 Å². The molecule has 0 aliphatic carbocycles. The lowest BCUT2D eigenvalue weighted by molar-refractivity contribution is -0.111. The average molecular weight is 223 g/mol. The van der Waals surface area contributed by atoms with Crippen molar-refractivity contribution in [2.24, 2.45) is 0 Å². The number of amides is 1.